The molecule has 0 heterocycles. The van der Waals surface area contributed by atoms with Crippen LogP contribution in [0, 0.1) is 5.82 Å². The first-order valence-corrected chi connectivity index (χ1v) is 10.4. The van der Waals surface area contributed by atoms with Gasteiger partial charge in [0.05, 0.1) is 12.7 Å². The number of aliphatic hydroxyl groups excluding tert-OH is 3. The number of phenols is 1. The summed E-state index contributed by atoms with van der Waals surface area (Å²) in [6.07, 6.45) is -0.833. The summed E-state index contributed by atoms with van der Waals surface area (Å²) in [4.78, 5) is 0. The molecule has 0 fully saturated rings. The molecule has 3 rings (SSSR count). The molecule has 0 aliphatic heterocycles. The van der Waals surface area contributed by atoms with Crippen molar-refractivity contribution >= 4 is 0 Å². The summed E-state index contributed by atoms with van der Waals surface area (Å²) in [5.74, 6) is 0.289. The molecular formula is C25H28FNO5. The first-order chi connectivity index (χ1) is 15.5. The topological polar surface area (TPSA) is 102 Å². The van der Waals surface area contributed by atoms with E-state index in [0.29, 0.717) is 35.5 Å². The van der Waals surface area contributed by atoms with Gasteiger partial charge in [0.25, 0.3) is 0 Å². The van der Waals surface area contributed by atoms with Crippen molar-refractivity contribution in [1.82, 2.24) is 5.32 Å². The van der Waals surface area contributed by atoms with Gasteiger partial charge in [0.15, 0.2) is 0 Å². The van der Waals surface area contributed by atoms with E-state index in [1.807, 2.05) is 24.3 Å². The average Bonchev–Trinajstić information content (AvgIpc) is 2.81. The Morgan fingerprint density at radius 1 is 0.875 bits per heavy atom. The molecule has 2 unspecified atom stereocenters. The second kappa shape index (κ2) is 11.6. The van der Waals surface area contributed by atoms with Crippen LogP contribution in [0.1, 0.15) is 34.5 Å². The van der Waals surface area contributed by atoms with E-state index in [9.17, 15) is 24.8 Å². The highest BCUT2D eigenvalue weighted by Gasteiger charge is 2.11. The van der Waals surface area contributed by atoms with E-state index in [-0.39, 0.29) is 24.8 Å². The lowest BCUT2D eigenvalue weighted by molar-refractivity contribution is 0.108. The summed E-state index contributed by atoms with van der Waals surface area (Å²) in [7, 11) is 0. The Morgan fingerprint density at radius 3 is 2.25 bits per heavy atom. The van der Waals surface area contributed by atoms with Gasteiger partial charge in [0, 0.05) is 12.1 Å². The van der Waals surface area contributed by atoms with E-state index in [1.54, 1.807) is 12.1 Å². The van der Waals surface area contributed by atoms with Gasteiger partial charge in [-0.25, -0.2) is 4.39 Å². The molecule has 2 atom stereocenters. The van der Waals surface area contributed by atoms with Gasteiger partial charge in [-0.2, -0.15) is 0 Å². The Morgan fingerprint density at radius 2 is 1.56 bits per heavy atom. The van der Waals surface area contributed by atoms with Gasteiger partial charge in [-0.15, -0.1) is 0 Å². The molecule has 3 aromatic carbocycles. The van der Waals surface area contributed by atoms with Crippen molar-refractivity contribution < 1.29 is 29.6 Å². The molecule has 0 aliphatic carbocycles. The molecule has 32 heavy (non-hydrogen) atoms. The third-order valence-corrected chi connectivity index (χ3v) is 5.17. The molecule has 0 aliphatic rings. The summed E-state index contributed by atoms with van der Waals surface area (Å²) in [6, 6.07) is 17.9. The van der Waals surface area contributed by atoms with Crippen LogP contribution in [0.2, 0.25) is 0 Å². The van der Waals surface area contributed by atoms with Crippen molar-refractivity contribution in [3.8, 4) is 11.5 Å². The third-order valence-electron chi connectivity index (χ3n) is 5.17. The molecule has 6 nitrogen and oxygen atoms in total. The lowest BCUT2D eigenvalue weighted by atomic mass is 10.1. The zero-order valence-corrected chi connectivity index (χ0v) is 17.6. The second-order valence-corrected chi connectivity index (χ2v) is 7.54. The van der Waals surface area contributed by atoms with Gasteiger partial charge < -0.3 is 30.5 Å². The molecule has 3 aromatic rings. The van der Waals surface area contributed by atoms with Crippen molar-refractivity contribution in [1.29, 1.82) is 0 Å². The molecule has 0 aromatic heterocycles. The third kappa shape index (κ3) is 6.77. The maximum Gasteiger partial charge on any atom is 0.123 e. The fraction of sp³-hybridized carbons (Fsp3) is 0.280. The van der Waals surface area contributed by atoms with Crippen LogP contribution in [0.15, 0.2) is 66.7 Å². The van der Waals surface area contributed by atoms with Crippen LogP contribution in [-0.2, 0) is 13.0 Å². The number of halogens is 1. The van der Waals surface area contributed by atoms with Crippen LogP contribution in [0.3, 0.4) is 0 Å². The highest BCUT2D eigenvalue weighted by molar-refractivity contribution is 5.36. The van der Waals surface area contributed by atoms with E-state index >= 15 is 0 Å². The molecular weight excluding hydrogens is 413 g/mol. The molecule has 0 radical (unpaired) electrons. The summed E-state index contributed by atoms with van der Waals surface area (Å²) < 4.78 is 18.6. The van der Waals surface area contributed by atoms with Crippen molar-refractivity contribution in [2.45, 2.75) is 25.2 Å². The minimum atomic E-state index is -0.840. The standard InChI is InChI=1S/C25H28FNO5/c26-21-6-3-18(4-7-21)25(31)16-32-22-8-1-17(2-9-22)11-12-27-14-24(30)19-5-10-23(29)20(13-19)15-28/h1-10,13,24-25,27-31H,11-12,14-16H2. The van der Waals surface area contributed by atoms with E-state index < -0.39 is 12.2 Å². The zero-order valence-electron chi connectivity index (χ0n) is 17.6. The van der Waals surface area contributed by atoms with Gasteiger partial charge in [-0.05, 0) is 66.1 Å². The van der Waals surface area contributed by atoms with Crippen LogP contribution in [0.5, 0.6) is 11.5 Å². The normalized spacial score (nSPS) is 13.0. The first kappa shape index (κ1) is 23.7. The van der Waals surface area contributed by atoms with E-state index in [2.05, 4.69) is 5.32 Å². The van der Waals surface area contributed by atoms with Crippen molar-refractivity contribution in [2.24, 2.45) is 0 Å². The number of hydrogen-bond donors (Lipinski definition) is 5. The minimum Gasteiger partial charge on any atom is -0.508 e. The van der Waals surface area contributed by atoms with E-state index in [0.717, 1.165) is 12.0 Å². The zero-order chi connectivity index (χ0) is 22.9. The predicted molar refractivity (Wildman–Crippen MR) is 119 cm³/mol. The Balaban J connectivity index is 1.39. The largest absolute Gasteiger partial charge is 0.508 e. The number of aromatic hydroxyl groups is 1. The van der Waals surface area contributed by atoms with Crippen LogP contribution >= 0.6 is 0 Å². The van der Waals surface area contributed by atoms with Crippen LogP contribution in [0.25, 0.3) is 0 Å². The van der Waals surface area contributed by atoms with Gasteiger partial charge in [-0.3, -0.25) is 0 Å². The molecule has 0 spiro atoms. The summed E-state index contributed by atoms with van der Waals surface area (Å²) in [6.45, 7) is 0.786. The van der Waals surface area contributed by atoms with Crippen LogP contribution < -0.4 is 10.1 Å². The quantitative estimate of drug-likeness (QED) is 0.293. The molecule has 0 bridgehead atoms. The van der Waals surface area contributed by atoms with Crippen molar-refractivity contribution in [2.75, 3.05) is 19.7 Å². The Labute approximate surface area is 186 Å². The monoisotopic (exact) mass is 441 g/mol. The second-order valence-electron chi connectivity index (χ2n) is 7.54. The lowest BCUT2D eigenvalue weighted by Gasteiger charge is -2.14. The van der Waals surface area contributed by atoms with E-state index in [1.165, 1.54) is 30.3 Å². The number of hydrogen-bond acceptors (Lipinski definition) is 6. The Kier molecular flexibility index (Phi) is 8.58. The van der Waals surface area contributed by atoms with E-state index in [4.69, 9.17) is 4.74 Å². The van der Waals surface area contributed by atoms with Gasteiger partial charge in [0.1, 0.15) is 30.0 Å². The molecule has 0 saturated heterocycles. The number of ether oxygens (including phenoxy) is 1. The van der Waals surface area contributed by atoms with Crippen molar-refractivity contribution in [3.63, 3.8) is 0 Å². The minimum absolute atomic E-state index is 0.00815. The number of rotatable bonds is 11. The summed E-state index contributed by atoms with van der Waals surface area (Å²) in [5.41, 5.74) is 2.69. The van der Waals surface area contributed by atoms with Crippen molar-refractivity contribution in [3.05, 3.63) is 94.8 Å². The Hall–Kier alpha value is -2.97. The van der Waals surface area contributed by atoms with Gasteiger partial charge in [-0.1, -0.05) is 30.3 Å². The smallest absolute Gasteiger partial charge is 0.123 e. The number of benzene rings is 3. The summed E-state index contributed by atoms with van der Waals surface area (Å²) >= 11 is 0. The van der Waals surface area contributed by atoms with Crippen LogP contribution in [-0.4, -0.2) is 40.1 Å². The molecule has 0 amide bonds. The fourth-order valence-electron chi connectivity index (χ4n) is 3.24. The predicted octanol–water partition coefficient (Wildman–Crippen LogP) is 3.00. The summed E-state index contributed by atoms with van der Waals surface area (Å²) in [5, 5.41) is 42.4. The molecule has 0 saturated carbocycles. The maximum atomic E-state index is 13.0. The molecule has 7 heteroatoms. The average molecular weight is 441 g/mol. The number of aliphatic hydroxyl groups is 3. The fourth-order valence-corrected chi connectivity index (χ4v) is 3.24. The highest BCUT2D eigenvalue weighted by Crippen LogP contribution is 2.22. The highest BCUT2D eigenvalue weighted by atomic mass is 19.1. The molecule has 170 valence electrons. The maximum absolute atomic E-state index is 13.0. The first-order valence-electron chi connectivity index (χ1n) is 10.4. The lowest BCUT2D eigenvalue weighted by Crippen LogP contribution is -2.23. The van der Waals surface area contributed by atoms with Crippen LogP contribution in [0.4, 0.5) is 4.39 Å². The Bertz CT molecular complexity index is 979. The SMILES string of the molecule is OCc1cc(C(O)CNCCc2ccc(OCC(O)c3ccc(F)cc3)cc2)ccc1O. The van der Waals surface area contributed by atoms with Gasteiger partial charge in [0.2, 0.25) is 0 Å². The number of nitrogens with one attached hydrogen (secondary N) is 1. The molecule has 5 N–H and O–H groups in total. The van der Waals surface area contributed by atoms with Gasteiger partial charge >= 0.3 is 0 Å².